The van der Waals surface area contributed by atoms with Crippen LogP contribution in [0.3, 0.4) is 0 Å². The lowest BCUT2D eigenvalue weighted by Gasteiger charge is -2.27. The van der Waals surface area contributed by atoms with Crippen molar-refractivity contribution in [1.82, 2.24) is 9.29 Å². The Labute approximate surface area is 251 Å². The van der Waals surface area contributed by atoms with Crippen LogP contribution in [0.1, 0.15) is 22.6 Å². The maximum Gasteiger partial charge on any atom is 0.416 e. The Morgan fingerprint density at radius 3 is 2.23 bits per heavy atom. The highest BCUT2D eigenvalue weighted by Crippen LogP contribution is 2.31. The average molecular weight is 638 g/mol. The first-order valence-electron chi connectivity index (χ1n) is 12.8. The first-order valence-corrected chi connectivity index (χ1v) is 14.6. The number of alkyl halides is 3. The van der Waals surface area contributed by atoms with Crippen LogP contribution in [0.4, 0.5) is 18.9 Å². The highest BCUT2D eigenvalue weighted by atomic mass is 35.5. The molecule has 0 fully saturated rings. The number of rotatable bonds is 12. The second-order valence-corrected chi connectivity index (χ2v) is 11.8. The highest BCUT2D eigenvalue weighted by Gasteiger charge is 2.31. The van der Waals surface area contributed by atoms with Crippen LogP contribution in [0.2, 0.25) is 5.02 Å². The molecule has 0 aliphatic carbocycles. The van der Waals surface area contributed by atoms with Gasteiger partial charge in [0, 0.05) is 30.6 Å². The van der Waals surface area contributed by atoms with Crippen molar-refractivity contribution in [2.24, 2.45) is 0 Å². The number of benzene rings is 3. The summed E-state index contributed by atoms with van der Waals surface area (Å²) in [6.07, 6.45) is -4.07. The largest absolute Gasteiger partial charge is 0.493 e. The normalized spacial score (nSPS) is 12.0. The smallest absolute Gasteiger partial charge is 0.416 e. The molecule has 3 aromatic carbocycles. The number of carboxylic acid groups (broad SMARTS) is 1. The molecule has 0 aliphatic heterocycles. The summed E-state index contributed by atoms with van der Waals surface area (Å²) in [5, 5.41) is 9.79. The van der Waals surface area contributed by atoms with Crippen molar-refractivity contribution in [1.29, 1.82) is 0 Å². The zero-order valence-corrected chi connectivity index (χ0v) is 24.6. The van der Waals surface area contributed by atoms with Gasteiger partial charge in [-0.15, -0.1) is 0 Å². The summed E-state index contributed by atoms with van der Waals surface area (Å²) in [5.41, 5.74) is 1.09. The van der Waals surface area contributed by atoms with Crippen LogP contribution >= 0.6 is 11.6 Å². The molecule has 1 heterocycles. The fraction of sp³-hybridized carbons (Fsp3) is 0.241. The molecule has 0 spiro atoms. The third kappa shape index (κ3) is 8.06. The molecule has 0 saturated heterocycles. The van der Waals surface area contributed by atoms with Gasteiger partial charge < -0.3 is 14.3 Å². The van der Waals surface area contributed by atoms with Crippen molar-refractivity contribution in [2.45, 2.75) is 26.1 Å². The van der Waals surface area contributed by atoms with Gasteiger partial charge in [0.15, 0.2) is 0 Å². The van der Waals surface area contributed by atoms with Crippen molar-refractivity contribution >= 4 is 33.5 Å². The van der Waals surface area contributed by atoms with Crippen LogP contribution in [0.25, 0.3) is 11.5 Å². The van der Waals surface area contributed by atoms with Gasteiger partial charge in [0.2, 0.25) is 5.89 Å². The molecule has 4 aromatic rings. The summed E-state index contributed by atoms with van der Waals surface area (Å²) in [4.78, 5) is 15.9. The van der Waals surface area contributed by atoms with E-state index in [1.54, 1.807) is 31.2 Å². The number of carboxylic acids is 1. The number of aliphatic carboxylic acids is 1. The number of nitrogens with zero attached hydrogens (tertiary/aromatic N) is 3. The van der Waals surface area contributed by atoms with Gasteiger partial charge in [-0.3, -0.25) is 9.10 Å². The monoisotopic (exact) mass is 637 g/mol. The number of anilines is 1. The average Bonchev–Trinajstić information content (AvgIpc) is 3.33. The molecule has 0 saturated carbocycles. The van der Waals surface area contributed by atoms with Gasteiger partial charge in [0.1, 0.15) is 18.1 Å². The summed E-state index contributed by atoms with van der Waals surface area (Å²) in [7, 11) is -2.87. The van der Waals surface area contributed by atoms with Crippen molar-refractivity contribution in [3.63, 3.8) is 0 Å². The Bertz CT molecular complexity index is 1660. The Kier molecular flexibility index (Phi) is 9.68. The summed E-state index contributed by atoms with van der Waals surface area (Å²) >= 11 is 5.89. The minimum Gasteiger partial charge on any atom is -0.493 e. The Morgan fingerprint density at radius 1 is 1.02 bits per heavy atom. The molecule has 0 atom stereocenters. The molecule has 0 bridgehead atoms. The third-order valence-corrected chi connectivity index (χ3v) is 8.48. The van der Waals surface area contributed by atoms with E-state index in [9.17, 15) is 31.5 Å². The molecule has 1 aromatic heterocycles. The van der Waals surface area contributed by atoms with E-state index < -0.39 is 34.5 Å². The predicted octanol–water partition coefficient (Wildman–Crippen LogP) is 6.21. The number of aromatic nitrogens is 1. The van der Waals surface area contributed by atoms with Gasteiger partial charge >= 0.3 is 22.4 Å². The van der Waals surface area contributed by atoms with Gasteiger partial charge in [-0.1, -0.05) is 23.7 Å². The molecular formula is C29H27ClF3N3O6S. The molecule has 43 heavy (non-hydrogen) atoms. The SMILES string of the molecule is Cc1oc(-c2ccc(C(F)(F)F)cc2)nc1CCOc1ccc(CN(CC(=O)O)S(=O)(=O)N(C)c2ccc(Cl)cc2)cc1. The molecule has 1 N–H and O–H groups in total. The Balaban J connectivity index is 1.37. The van der Waals surface area contributed by atoms with Gasteiger partial charge in [-0.2, -0.15) is 25.9 Å². The quantitative estimate of drug-likeness (QED) is 0.196. The Morgan fingerprint density at radius 2 is 1.65 bits per heavy atom. The van der Waals surface area contributed by atoms with Crippen LogP contribution in [-0.4, -0.2) is 49.0 Å². The Hall–Kier alpha value is -4.07. The molecule has 4 rings (SSSR count). The van der Waals surface area contributed by atoms with Crippen LogP contribution < -0.4 is 9.04 Å². The second-order valence-electron chi connectivity index (χ2n) is 9.45. The predicted molar refractivity (Wildman–Crippen MR) is 154 cm³/mol. The minimum atomic E-state index is -4.43. The van der Waals surface area contributed by atoms with Gasteiger partial charge in [-0.05, 0) is 73.2 Å². The van der Waals surface area contributed by atoms with Crippen LogP contribution in [-0.2, 0) is 34.1 Å². The van der Waals surface area contributed by atoms with Crippen molar-refractivity contribution in [3.05, 3.63) is 100 Å². The molecule has 0 aliphatic rings. The van der Waals surface area contributed by atoms with Gasteiger partial charge in [0.05, 0.1) is 23.6 Å². The second kappa shape index (κ2) is 13.1. The zero-order valence-electron chi connectivity index (χ0n) is 23.0. The summed E-state index contributed by atoms with van der Waals surface area (Å²) < 4.78 is 78.2. The number of carbonyl (C=O) groups is 1. The third-order valence-electron chi connectivity index (χ3n) is 6.42. The first-order chi connectivity index (χ1) is 20.2. The van der Waals surface area contributed by atoms with E-state index in [4.69, 9.17) is 20.8 Å². The number of aryl methyl sites for hydroxylation is 1. The van der Waals surface area contributed by atoms with Crippen molar-refractivity contribution < 1.29 is 40.6 Å². The lowest BCUT2D eigenvalue weighted by atomic mass is 10.1. The van der Waals surface area contributed by atoms with E-state index in [0.717, 1.165) is 20.7 Å². The lowest BCUT2D eigenvalue weighted by molar-refractivity contribution is -0.138. The fourth-order valence-corrected chi connectivity index (χ4v) is 5.52. The molecule has 14 heteroatoms. The van der Waals surface area contributed by atoms with Gasteiger partial charge in [-0.25, -0.2) is 4.98 Å². The number of oxazole rings is 1. The molecule has 0 radical (unpaired) electrons. The number of hydrogen-bond donors (Lipinski definition) is 1. The van der Waals surface area contributed by atoms with Gasteiger partial charge in [0.25, 0.3) is 0 Å². The van der Waals surface area contributed by atoms with E-state index >= 15 is 0 Å². The molecule has 0 unspecified atom stereocenters. The van der Waals surface area contributed by atoms with Crippen molar-refractivity contribution in [3.8, 4) is 17.2 Å². The van der Waals surface area contributed by atoms with E-state index in [1.165, 1.54) is 43.4 Å². The van der Waals surface area contributed by atoms with E-state index in [0.29, 0.717) is 45.5 Å². The maximum absolute atomic E-state index is 13.2. The summed E-state index contributed by atoms with van der Waals surface area (Å²) in [6.45, 7) is 0.971. The fourth-order valence-electron chi connectivity index (χ4n) is 4.07. The highest BCUT2D eigenvalue weighted by molar-refractivity contribution is 7.90. The molecule has 0 amide bonds. The number of hydrogen-bond acceptors (Lipinski definition) is 6. The van der Waals surface area contributed by atoms with Crippen molar-refractivity contribution in [2.75, 3.05) is 24.5 Å². The van der Waals surface area contributed by atoms with E-state index in [-0.39, 0.29) is 19.0 Å². The number of ether oxygens (including phenoxy) is 1. The molecular weight excluding hydrogens is 611 g/mol. The lowest BCUT2D eigenvalue weighted by Crippen LogP contribution is -2.44. The first kappa shape index (κ1) is 31.9. The molecule has 228 valence electrons. The van der Waals surface area contributed by atoms with Crippen LogP contribution in [0.5, 0.6) is 5.75 Å². The van der Waals surface area contributed by atoms with E-state index in [1.807, 2.05) is 0 Å². The van der Waals surface area contributed by atoms with Crippen LogP contribution in [0, 0.1) is 6.92 Å². The molecule has 9 nitrogen and oxygen atoms in total. The zero-order chi connectivity index (χ0) is 31.4. The summed E-state index contributed by atoms with van der Waals surface area (Å²) in [5.74, 6) is -0.109. The maximum atomic E-state index is 13.2. The minimum absolute atomic E-state index is 0.197. The number of halogens is 4. The van der Waals surface area contributed by atoms with Crippen LogP contribution in [0.15, 0.2) is 77.2 Å². The topological polar surface area (TPSA) is 113 Å². The standard InChI is InChI=1S/C29H27ClF3N3O6S/c1-19-26(34-28(42-19)21-5-7-22(8-6-21)29(31,32)33)15-16-41-25-13-3-20(4-14-25)17-36(18-27(37)38)43(39,40)35(2)24-11-9-23(30)10-12-24/h3-14H,15-18H2,1-2H3,(H,37,38). The summed E-state index contributed by atoms with van der Waals surface area (Å²) in [6, 6.07) is 17.2. The van der Waals surface area contributed by atoms with E-state index in [2.05, 4.69) is 4.98 Å².